The van der Waals surface area contributed by atoms with Gasteiger partial charge in [0.15, 0.2) is 11.5 Å². The van der Waals surface area contributed by atoms with Crippen LogP contribution < -0.4 is 19.6 Å². The highest BCUT2D eigenvalue weighted by Gasteiger charge is 2.19. The zero-order chi connectivity index (χ0) is 24.5. The van der Waals surface area contributed by atoms with Crippen LogP contribution in [0, 0.1) is 10.1 Å². The number of ether oxygens (including phenoxy) is 3. The third-order valence-electron chi connectivity index (χ3n) is 5.69. The van der Waals surface area contributed by atoms with E-state index in [1.807, 2.05) is 6.92 Å². The fourth-order valence-electron chi connectivity index (χ4n) is 3.89. The average molecular weight is 473 g/mol. The zero-order valence-corrected chi connectivity index (χ0v) is 18.6. The second-order valence-electron chi connectivity index (χ2n) is 7.84. The van der Waals surface area contributed by atoms with E-state index in [9.17, 15) is 19.7 Å². The molecule has 0 radical (unpaired) electrons. The topological polar surface area (TPSA) is 118 Å². The molecule has 0 bridgehead atoms. The fourth-order valence-corrected chi connectivity index (χ4v) is 3.89. The van der Waals surface area contributed by atoms with Gasteiger partial charge >= 0.3 is 5.97 Å². The number of benzene rings is 3. The number of nitrogens with zero attached hydrogens (tertiary/aromatic N) is 1. The molecule has 3 aromatic carbocycles. The summed E-state index contributed by atoms with van der Waals surface area (Å²) in [5.41, 5.74) is 1.43. The lowest BCUT2D eigenvalue weighted by atomic mass is 10.0. The first-order valence-corrected chi connectivity index (χ1v) is 10.9. The molecule has 5 rings (SSSR count). The zero-order valence-electron chi connectivity index (χ0n) is 18.6. The third kappa shape index (κ3) is 4.19. The van der Waals surface area contributed by atoms with Gasteiger partial charge in [0.25, 0.3) is 5.69 Å². The molecule has 2 heterocycles. The largest absolute Gasteiger partial charge is 0.486 e. The predicted molar refractivity (Wildman–Crippen MR) is 126 cm³/mol. The summed E-state index contributed by atoms with van der Waals surface area (Å²) in [6, 6.07) is 13.7. The number of aryl methyl sites for hydroxylation is 1. The molecule has 0 N–H and O–H groups in total. The van der Waals surface area contributed by atoms with Gasteiger partial charge in [-0.3, -0.25) is 14.9 Å². The van der Waals surface area contributed by atoms with Gasteiger partial charge in [-0.1, -0.05) is 19.1 Å². The molecule has 1 aromatic heterocycles. The first-order chi connectivity index (χ1) is 16.9. The minimum Gasteiger partial charge on any atom is -0.486 e. The fraction of sp³-hybridized carbons (Fsp3) is 0.154. The van der Waals surface area contributed by atoms with Crippen molar-refractivity contribution < 1.29 is 28.3 Å². The number of non-ortho nitro benzene ring substituents is 1. The van der Waals surface area contributed by atoms with Gasteiger partial charge in [0, 0.05) is 18.2 Å². The van der Waals surface area contributed by atoms with Crippen molar-refractivity contribution in [3.8, 4) is 28.4 Å². The molecule has 1 aliphatic heterocycles. The second kappa shape index (κ2) is 8.94. The Labute approximate surface area is 198 Å². The van der Waals surface area contributed by atoms with Gasteiger partial charge in [-0.15, -0.1) is 0 Å². The molecule has 9 heteroatoms. The second-order valence-corrected chi connectivity index (χ2v) is 7.84. The van der Waals surface area contributed by atoms with Crippen LogP contribution in [0.1, 0.15) is 22.8 Å². The van der Waals surface area contributed by atoms with E-state index in [2.05, 4.69) is 0 Å². The van der Waals surface area contributed by atoms with Crippen LogP contribution in [0.3, 0.4) is 0 Å². The van der Waals surface area contributed by atoms with Gasteiger partial charge in [0.1, 0.15) is 30.8 Å². The molecule has 35 heavy (non-hydrogen) atoms. The van der Waals surface area contributed by atoms with Crippen molar-refractivity contribution in [2.75, 3.05) is 13.2 Å². The van der Waals surface area contributed by atoms with Gasteiger partial charge in [0.2, 0.25) is 5.43 Å². The maximum absolute atomic E-state index is 13.3. The molecule has 176 valence electrons. The Morgan fingerprint density at radius 1 is 1.06 bits per heavy atom. The van der Waals surface area contributed by atoms with Gasteiger partial charge in [-0.2, -0.15) is 0 Å². The van der Waals surface area contributed by atoms with Crippen molar-refractivity contribution in [2.45, 2.75) is 13.3 Å². The monoisotopic (exact) mass is 473 g/mol. The van der Waals surface area contributed by atoms with E-state index >= 15 is 0 Å². The maximum Gasteiger partial charge on any atom is 0.343 e. The van der Waals surface area contributed by atoms with Crippen molar-refractivity contribution in [3.05, 3.63) is 92.3 Å². The van der Waals surface area contributed by atoms with Crippen LogP contribution >= 0.6 is 0 Å². The Hall–Kier alpha value is -4.66. The minimum atomic E-state index is -0.752. The summed E-state index contributed by atoms with van der Waals surface area (Å²) in [4.78, 5) is 36.4. The van der Waals surface area contributed by atoms with Crippen LogP contribution in [0.15, 0.2) is 70.1 Å². The van der Waals surface area contributed by atoms with E-state index in [0.717, 1.165) is 6.07 Å². The van der Waals surface area contributed by atoms with E-state index in [1.165, 1.54) is 30.5 Å². The number of hydrogen-bond donors (Lipinski definition) is 0. The summed E-state index contributed by atoms with van der Waals surface area (Å²) in [7, 11) is 0. The molecule has 0 unspecified atom stereocenters. The number of rotatable bonds is 5. The summed E-state index contributed by atoms with van der Waals surface area (Å²) in [6.07, 6.45) is 1.83. The molecule has 0 fully saturated rings. The van der Waals surface area contributed by atoms with Gasteiger partial charge in [-0.25, -0.2) is 4.79 Å². The molecule has 0 saturated heterocycles. The lowest BCUT2D eigenvalue weighted by Gasteiger charge is -2.18. The SMILES string of the molecule is CCc1cc2c(=O)c(-c3ccc4c(c3)OCCO4)coc2cc1OC(=O)c1cccc([N+](=O)[O-])c1. The smallest absolute Gasteiger partial charge is 0.343 e. The molecule has 0 saturated carbocycles. The molecule has 0 amide bonds. The van der Waals surface area contributed by atoms with E-state index < -0.39 is 10.9 Å². The Morgan fingerprint density at radius 2 is 1.86 bits per heavy atom. The Kier molecular flexibility index (Phi) is 5.66. The molecule has 9 nitrogen and oxygen atoms in total. The van der Waals surface area contributed by atoms with Gasteiger partial charge in [0.05, 0.1) is 21.4 Å². The van der Waals surface area contributed by atoms with Crippen molar-refractivity contribution >= 4 is 22.6 Å². The van der Waals surface area contributed by atoms with Crippen molar-refractivity contribution in [2.24, 2.45) is 0 Å². The Balaban J connectivity index is 1.51. The maximum atomic E-state index is 13.3. The number of hydrogen-bond acceptors (Lipinski definition) is 8. The van der Waals surface area contributed by atoms with Crippen molar-refractivity contribution in [1.82, 2.24) is 0 Å². The number of fused-ring (bicyclic) bond motifs is 2. The quantitative estimate of drug-likeness (QED) is 0.173. The lowest BCUT2D eigenvalue weighted by Crippen LogP contribution is -2.15. The summed E-state index contributed by atoms with van der Waals surface area (Å²) >= 11 is 0. The van der Waals surface area contributed by atoms with E-state index in [0.29, 0.717) is 53.2 Å². The number of carbonyl (C=O) groups excluding carboxylic acids is 1. The van der Waals surface area contributed by atoms with E-state index in [-0.39, 0.29) is 28.0 Å². The molecular weight excluding hydrogens is 454 g/mol. The van der Waals surface area contributed by atoms with Crippen LogP contribution in [0.5, 0.6) is 17.2 Å². The number of nitro benzene ring substituents is 1. The molecule has 0 aliphatic carbocycles. The van der Waals surface area contributed by atoms with Crippen LogP contribution in [-0.2, 0) is 6.42 Å². The van der Waals surface area contributed by atoms with Crippen molar-refractivity contribution in [1.29, 1.82) is 0 Å². The average Bonchev–Trinajstić information content (AvgIpc) is 2.88. The van der Waals surface area contributed by atoms with Crippen LogP contribution in [0.4, 0.5) is 5.69 Å². The van der Waals surface area contributed by atoms with Crippen molar-refractivity contribution in [3.63, 3.8) is 0 Å². The normalized spacial score (nSPS) is 12.4. The minimum absolute atomic E-state index is 0.0387. The molecule has 0 atom stereocenters. The summed E-state index contributed by atoms with van der Waals surface area (Å²) in [5.74, 6) is 0.643. The summed E-state index contributed by atoms with van der Waals surface area (Å²) in [5, 5.41) is 11.3. The standard InChI is InChI=1S/C26H19NO8/c1-2-15-11-19-23(13-22(15)35-26(29)17-4-3-5-18(10-17)27(30)31)34-14-20(25(19)28)16-6-7-21-24(12-16)33-9-8-32-21/h3-7,10-14H,2,8-9H2,1H3. The van der Waals surface area contributed by atoms with Crippen LogP contribution in [0.25, 0.3) is 22.1 Å². The molecule has 4 aromatic rings. The first-order valence-electron chi connectivity index (χ1n) is 10.9. The van der Waals surface area contributed by atoms with Gasteiger partial charge in [-0.05, 0) is 41.8 Å². The molecule has 1 aliphatic rings. The highest BCUT2D eigenvalue weighted by Crippen LogP contribution is 2.35. The van der Waals surface area contributed by atoms with Crippen LogP contribution in [0.2, 0.25) is 0 Å². The highest BCUT2D eigenvalue weighted by molar-refractivity contribution is 5.93. The molecule has 0 spiro atoms. The van der Waals surface area contributed by atoms with Crippen LogP contribution in [-0.4, -0.2) is 24.1 Å². The Morgan fingerprint density at radius 3 is 2.63 bits per heavy atom. The lowest BCUT2D eigenvalue weighted by molar-refractivity contribution is -0.384. The highest BCUT2D eigenvalue weighted by atomic mass is 16.6. The van der Waals surface area contributed by atoms with E-state index in [1.54, 1.807) is 24.3 Å². The van der Waals surface area contributed by atoms with Gasteiger partial charge < -0.3 is 18.6 Å². The van der Waals surface area contributed by atoms with E-state index in [4.69, 9.17) is 18.6 Å². The predicted octanol–water partition coefficient (Wildman–Crippen LogP) is 4.92. The third-order valence-corrected chi connectivity index (χ3v) is 5.69. The number of carbonyl (C=O) groups is 1. The number of esters is 1. The molecular formula is C26H19NO8. The Bertz CT molecular complexity index is 1540. The first kappa shape index (κ1) is 22.1. The summed E-state index contributed by atoms with van der Waals surface area (Å²) in [6.45, 7) is 2.76. The number of nitro groups is 1. The summed E-state index contributed by atoms with van der Waals surface area (Å²) < 4.78 is 22.4.